The molecular weight excluding hydrogens is 781 g/mol. The zero-order chi connectivity index (χ0) is 35.7. The lowest BCUT2D eigenvalue weighted by Crippen LogP contribution is -2.34. The highest BCUT2D eigenvalue weighted by molar-refractivity contribution is 8.13. The summed E-state index contributed by atoms with van der Waals surface area (Å²) in [6.07, 6.45) is 1.32. The van der Waals surface area contributed by atoms with Gasteiger partial charge in [0.25, 0.3) is 0 Å². The molecule has 3 aromatic carbocycles. The second kappa shape index (κ2) is 17.6. The molecule has 0 amide bonds. The van der Waals surface area contributed by atoms with Gasteiger partial charge in [-0.25, -0.2) is 24.3 Å². The van der Waals surface area contributed by atoms with Gasteiger partial charge in [0.1, 0.15) is 37.5 Å². The Balaban J connectivity index is 0.000000194. The van der Waals surface area contributed by atoms with Crippen molar-refractivity contribution in [3.63, 3.8) is 0 Å². The van der Waals surface area contributed by atoms with Gasteiger partial charge in [-0.2, -0.15) is 23.4 Å². The summed E-state index contributed by atoms with van der Waals surface area (Å²) in [4.78, 5) is 12.5. The average molecular weight is 808 g/mol. The smallest absolute Gasteiger partial charge is 0.343 e. The first-order chi connectivity index (χ1) is 23.9. The number of halogens is 8. The van der Waals surface area contributed by atoms with Crippen molar-refractivity contribution in [2.75, 3.05) is 6.61 Å². The van der Waals surface area contributed by atoms with Crippen molar-refractivity contribution in [1.29, 1.82) is 0 Å². The molecule has 0 bridgehead atoms. The molecular formula is C32H27Cl5F3N7O2S. The Morgan fingerprint density at radius 3 is 2.14 bits per heavy atom. The fourth-order valence-corrected chi connectivity index (χ4v) is 6.95. The van der Waals surface area contributed by atoms with E-state index >= 15 is 0 Å². The van der Waals surface area contributed by atoms with Crippen LogP contribution in [0, 0.1) is 0 Å². The molecule has 1 fully saturated rings. The van der Waals surface area contributed by atoms with Gasteiger partial charge in [-0.15, -0.1) is 11.8 Å². The summed E-state index contributed by atoms with van der Waals surface area (Å²) in [7, 11) is 0. The van der Waals surface area contributed by atoms with Crippen LogP contribution in [0.1, 0.15) is 24.0 Å². The summed E-state index contributed by atoms with van der Waals surface area (Å²) in [5.41, 5.74) is 1.46. The maximum absolute atomic E-state index is 12.4. The van der Waals surface area contributed by atoms with Crippen molar-refractivity contribution in [1.82, 2.24) is 29.5 Å². The van der Waals surface area contributed by atoms with Gasteiger partial charge in [0.15, 0.2) is 6.29 Å². The number of hydrogen-bond donors (Lipinski definition) is 0. The maximum atomic E-state index is 12.4. The van der Waals surface area contributed by atoms with Gasteiger partial charge >= 0.3 is 6.18 Å². The van der Waals surface area contributed by atoms with Gasteiger partial charge in [-0.1, -0.05) is 76.2 Å². The molecule has 1 aliphatic heterocycles. The van der Waals surface area contributed by atoms with Crippen LogP contribution < -0.4 is 0 Å². The molecule has 264 valence electrons. The predicted octanol–water partition coefficient (Wildman–Crippen LogP) is 10.1. The van der Waals surface area contributed by atoms with Crippen LogP contribution in [0.2, 0.25) is 25.1 Å². The lowest BCUT2D eigenvalue weighted by atomic mass is 9.90. The molecule has 0 radical (unpaired) electrons. The summed E-state index contributed by atoms with van der Waals surface area (Å²) < 4.78 is 51.2. The third kappa shape index (κ3) is 11.3. The van der Waals surface area contributed by atoms with E-state index in [1.54, 1.807) is 59.2 Å². The topological polar surface area (TPSA) is 92.2 Å². The zero-order valence-electron chi connectivity index (χ0n) is 25.8. The molecule has 6 rings (SSSR count). The van der Waals surface area contributed by atoms with Crippen molar-refractivity contribution >= 4 is 80.5 Å². The summed E-state index contributed by atoms with van der Waals surface area (Å²) in [5, 5.41) is 11.7. The average Bonchev–Trinajstić information content (AvgIpc) is 3.85. The molecule has 0 aliphatic carbocycles. The first-order valence-corrected chi connectivity index (χ1v) is 17.6. The lowest BCUT2D eigenvalue weighted by Gasteiger charge is -2.30. The van der Waals surface area contributed by atoms with Crippen molar-refractivity contribution in [3.05, 3.63) is 122 Å². The molecule has 1 saturated heterocycles. The number of nitrogens with zero attached hydrogens (tertiary/aromatic N) is 7. The molecule has 2 unspecified atom stereocenters. The molecule has 1 aliphatic rings. The van der Waals surface area contributed by atoms with E-state index in [9.17, 15) is 13.2 Å². The molecule has 9 nitrogen and oxygen atoms in total. The SMILES string of the molecule is Clc1ccc(CS/C(Cn2cncn2)=N\c2ccc(Cl)cc2Cl)cc1.FC(F)(F)COC1CCC(Cn2cncn2)(c2ccc(Cl)cc2Cl)O1. The van der Waals surface area contributed by atoms with E-state index in [2.05, 4.69) is 25.2 Å². The zero-order valence-corrected chi connectivity index (χ0v) is 30.4. The minimum atomic E-state index is -4.42. The quantitative estimate of drug-likeness (QED) is 0.103. The number of alkyl halides is 3. The van der Waals surface area contributed by atoms with Crippen LogP contribution in [0.5, 0.6) is 0 Å². The second-order valence-corrected chi connectivity index (χ2v) is 14.0. The standard InChI is InChI=1S/C17H13Cl3N4S.C15H14Cl2F3N3O2/c18-13-3-1-12(2-4-13)9-25-17(8-24-11-21-10-22-24)23-16-6-5-14(19)7-15(16)20;16-10-1-2-11(12(17)5-10)14(6-23-9-21-8-22-23)4-3-13(25-14)24-7-15(18,19)20/h1-7,10-11H,8-9H2;1-2,5,8-9,13H,3-4,6-7H2/b23-17-;. The number of benzene rings is 3. The molecule has 50 heavy (non-hydrogen) atoms. The Labute approximate surface area is 314 Å². The highest BCUT2D eigenvalue weighted by Crippen LogP contribution is 2.44. The van der Waals surface area contributed by atoms with E-state index in [0.717, 1.165) is 21.4 Å². The van der Waals surface area contributed by atoms with Crippen LogP contribution in [0.15, 0.2) is 91.0 Å². The van der Waals surface area contributed by atoms with E-state index in [4.69, 9.17) is 67.5 Å². The summed E-state index contributed by atoms with van der Waals surface area (Å²) in [5.74, 6) is 0.760. The Bertz CT molecular complexity index is 1870. The summed E-state index contributed by atoms with van der Waals surface area (Å²) in [6, 6.07) is 17.9. The number of aliphatic imine (C=N–C) groups is 1. The predicted molar refractivity (Wildman–Crippen MR) is 191 cm³/mol. The monoisotopic (exact) mass is 805 g/mol. The summed E-state index contributed by atoms with van der Waals surface area (Å²) >= 11 is 32.0. The molecule has 0 saturated carbocycles. The number of aromatic nitrogens is 6. The Morgan fingerprint density at radius 2 is 1.52 bits per heavy atom. The van der Waals surface area contributed by atoms with Crippen molar-refractivity contribution in [3.8, 4) is 0 Å². The Morgan fingerprint density at radius 1 is 0.880 bits per heavy atom. The van der Waals surface area contributed by atoms with Crippen molar-refractivity contribution in [2.24, 2.45) is 4.99 Å². The minimum Gasteiger partial charge on any atom is -0.343 e. The minimum absolute atomic E-state index is 0.236. The lowest BCUT2D eigenvalue weighted by molar-refractivity contribution is -0.239. The Kier molecular flexibility index (Phi) is 13.5. The van der Waals surface area contributed by atoms with Crippen LogP contribution in [-0.2, 0) is 33.9 Å². The van der Waals surface area contributed by atoms with E-state index in [0.29, 0.717) is 50.7 Å². The number of hydrogen-bond acceptors (Lipinski definition) is 8. The normalized spacial score (nSPS) is 17.8. The third-order valence-corrected chi connectivity index (χ3v) is 9.49. The van der Waals surface area contributed by atoms with Gasteiger partial charge in [-0.05, 0) is 54.4 Å². The van der Waals surface area contributed by atoms with Gasteiger partial charge in [0, 0.05) is 37.8 Å². The van der Waals surface area contributed by atoms with Crippen LogP contribution in [-0.4, -0.2) is 53.6 Å². The van der Waals surface area contributed by atoms with Gasteiger partial charge in [-0.3, -0.25) is 0 Å². The molecule has 2 aromatic heterocycles. The van der Waals surface area contributed by atoms with Crippen molar-refractivity contribution in [2.45, 2.75) is 49.8 Å². The number of thioether (sulfide) groups is 1. The number of rotatable bonds is 10. The summed E-state index contributed by atoms with van der Waals surface area (Å²) in [6.45, 7) is -0.622. The highest BCUT2D eigenvalue weighted by Gasteiger charge is 2.45. The van der Waals surface area contributed by atoms with Crippen LogP contribution in [0.4, 0.5) is 18.9 Å². The van der Waals surface area contributed by atoms with E-state index < -0.39 is 24.7 Å². The third-order valence-electron chi connectivity index (χ3n) is 7.12. The molecule has 5 aromatic rings. The largest absolute Gasteiger partial charge is 0.411 e. The second-order valence-electron chi connectivity index (χ2n) is 10.8. The van der Waals surface area contributed by atoms with E-state index in [1.807, 2.05) is 24.3 Å². The molecule has 0 N–H and O–H groups in total. The van der Waals surface area contributed by atoms with E-state index in [-0.39, 0.29) is 6.54 Å². The fourth-order valence-electron chi connectivity index (χ4n) is 4.88. The van der Waals surface area contributed by atoms with Gasteiger partial charge in [0.2, 0.25) is 0 Å². The first-order valence-electron chi connectivity index (χ1n) is 14.7. The van der Waals surface area contributed by atoms with Crippen molar-refractivity contribution < 1.29 is 22.6 Å². The highest BCUT2D eigenvalue weighted by atomic mass is 35.5. The maximum Gasteiger partial charge on any atom is 0.411 e. The number of ether oxygens (including phenoxy) is 2. The molecule has 18 heteroatoms. The molecule has 3 heterocycles. The molecule has 0 spiro atoms. The van der Waals surface area contributed by atoms with Crippen LogP contribution in [0.3, 0.4) is 0 Å². The van der Waals surface area contributed by atoms with Gasteiger partial charge < -0.3 is 9.47 Å². The first kappa shape index (κ1) is 38.4. The van der Waals surface area contributed by atoms with E-state index in [1.165, 1.54) is 23.7 Å². The molecule has 2 atom stereocenters. The van der Waals surface area contributed by atoms with Crippen LogP contribution >= 0.6 is 69.8 Å². The van der Waals surface area contributed by atoms with Crippen LogP contribution in [0.25, 0.3) is 0 Å². The van der Waals surface area contributed by atoms with Gasteiger partial charge in [0.05, 0.1) is 28.8 Å². The Hall–Kier alpha value is -2.88. The fraction of sp³-hybridized carbons (Fsp3) is 0.281.